The van der Waals surface area contributed by atoms with E-state index in [-0.39, 0.29) is 4.90 Å². The van der Waals surface area contributed by atoms with Crippen molar-refractivity contribution in [3.63, 3.8) is 0 Å². The minimum absolute atomic E-state index is 0.204. The van der Waals surface area contributed by atoms with Gasteiger partial charge in [-0.05, 0) is 55.3 Å². The van der Waals surface area contributed by atoms with Crippen molar-refractivity contribution in [1.29, 1.82) is 0 Å². The topological polar surface area (TPSA) is 70.7 Å². The molecule has 2 atom stereocenters. The van der Waals surface area contributed by atoms with Gasteiger partial charge in [-0.3, -0.25) is 4.72 Å². The highest BCUT2D eigenvalue weighted by atomic mass is 32.2. The molecule has 0 bridgehead atoms. The van der Waals surface area contributed by atoms with Gasteiger partial charge in [-0.15, -0.1) is 0 Å². The predicted molar refractivity (Wildman–Crippen MR) is 130 cm³/mol. The van der Waals surface area contributed by atoms with E-state index in [2.05, 4.69) is 28.8 Å². The third kappa shape index (κ3) is 4.89. The molecule has 32 heavy (non-hydrogen) atoms. The number of ether oxygens (including phenoxy) is 1. The summed E-state index contributed by atoms with van der Waals surface area (Å²) in [5.74, 6) is 0.479. The van der Waals surface area contributed by atoms with Gasteiger partial charge in [-0.1, -0.05) is 42.5 Å². The first kappa shape index (κ1) is 22.2. The molecule has 0 unspecified atom stereocenters. The summed E-state index contributed by atoms with van der Waals surface area (Å²) in [5, 5.41) is 3.52. The lowest BCUT2D eigenvalue weighted by molar-refractivity contribution is 0.406. The summed E-state index contributed by atoms with van der Waals surface area (Å²) >= 11 is 0. The van der Waals surface area contributed by atoms with Crippen LogP contribution >= 0.6 is 0 Å². The molecule has 0 aliphatic carbocycles. The summed E-state index contributed by atoms with van der Waals surface area (Å²) in [5.41, 5.74) is 3.19. The minimum Gasteiger partial charge on any atom is -0.495 e. The summed E-state index contributed by atoms with van der Waals surface area (Å²) < 4.78 is 34.7. The van der Waals surface area contributed by atoms with Crippen molar-refractivity contribution in [3.05, 3.63) is 72.8 Å². The Bertz CT molecular complexity index is 1170. The SMILES string of the molecule is COc1ccc(N2C[C@@H](C)N[C@@H](C)C2)cc1NS(=O)(=O)c1cccc(-c2ccccc2)c1. The van der Waals surface area contributed by atoms with E-state index in [0.29, 0.717) is 23.5 Å². The number of methoxy groups -OCH3 is 1. The number of sulfonamides is 1. The van der Waals surface area contributed by atoms with E-state index in [1.54, 1.807) is 18.2 Å². The van der Waals surface area contributed by atoms with Crippen LogP contribution in [0, 0.1) is 0 Å². The lowest BCUT2D eigenvalue weighted by Gasteiger charge is -2.38. The highest BCUT2D eigenvalue weighted by Gasteiger charge is 2.23. The van der Waals surface area contributed by atoms with E-state index in [1.165, 1.54) is 7.11 Å². The van der Waals surface area contributed by atoms with E-state index in [1.807, 2.05) is 54.6 Å². The first-order chi connectivity index (χ1) is 15.4. The smallest absolute Gasteiger partial charge is 0.262 e. The first-order valence-electron chi connectivity index (χ1n) is 10.7. The Hall–Kier alpha value is -3.03. The van der Waals surface area contributed by atoms with Gasteiger partial charge < -0.3 is 15.0 Å². The van der Waals surface area contributed by atoms with Gasteiger partial charge in [-0.2, -0.15) is 0 Å². The Labute approximate surface area is 190 Å². The van der Waals surface area contributed by atoms with Crippen LogP contribution in [-0.2, 0) is 10.0 Å². The normalized spacial score (nSPS) is 18.9. The molecule has 1 aliphatic heterocycles. The molecule has 1 heterocycles. The van der Waals surface area contributed by atoms with E-state index in [0.717, 1.165) is 29.9 Å². The summed E-state index contributed by atoms with van der Waals surface area (Å²) in [4.78, 5) is 2.47. The molecule has 3 aromatic carbocycles. The van der Waals surface area contributed by atoms with Gasteiger partial charge in [0.1, 0.15) is 5.75 Å². The Morgan fingerprint density at radius 3 is 2.28 bits per heavy atom. The van der Waals surface area contributed by atoms with Gasteiger partial charge in [0.05, 0.1) is 17.7 Å². The molecule has 1 saturated heterocycles. The highest BCUT2D eigenvalue weighted by Crippen LogP contribution is 2.33. The van der Waals surface area contributed by atoms with Crippen LogP contribution < -0.4 is 19.7 Å². The molecular formula is C25H29N3O3S. The van der Waals surface area contributed by atoms with Crippen LogP contribution in [0.4, 0.5) is 11.4 Å². The maximum Gasteiger partial charge on any atom is 0.262 e. The second-order valence-electron chi connectivity index (χ2n) is 8.26. The number of rotatable bonds is 6. The molecule has 0 saturated carbocycles. The standard InChI is InChI=1S/C25H29N3O3S/c1-18-16-28(17-19(2)26-18)22-12-13-25(31-3)24(15-22)27-32(29,30)23-11-7-10-21(14-23)20-8-5-4-6-9-20/h4-15,18-19,26-27H,16-17H2,1-3H3/t18-,19+. The van der Waals surface area contributed by atoms with Crippen LogP contribution in [0.25, 0.3) is 11.1 Å². The van der Waals surface area contributed by atoms with Crippen molar-refractivity contribution in [2.75, 3.05) is 29.8 Å². The van der Waals surface area contributed by atoms with Crippen LogP contribution in [0.2, 0.25) is 0 Å². The zero-order chi connectivity index (χ0) is 22.7. The molecule has 0 radical (unpaired) electrons. The molecule has 0 aromatic heterocycles. The van der Waals surface area contributed by atoms with E-state index in [9.17, 15) is 8.42 Å². The molecule has 1 fully saturated rings. The van der Waals surface area contributed by atoms with Crippen molar-refractivity contribution in [3.8, 4) is 16.9 Å². The average molecular weight is 452 g/mol. The summed E-state index contributed by atoms with van der Waals surface area (Å²) in [6.45, 7) is 6.00. The van der Waals surface area contributed by atoms with Gasteiger partial charge in [0.25, 0.3) is 10.0 Å². The lowest BCUT2D eigenvalue weighted by atomic mass is 10.1. The fourth-order valence-electron chi connectivity index (χ4n) is 4.19. The molecule has 3 aromatic rings. The third-order valence-corrected chi connectivity index (χ3v) is 6.96. The minimum atomic E-state index is -3.81. The van der Waals surface area contributed by atoms with Gasteiger partial charge in [0, 0.05) is 30.9 Å². The van der Waals surface area contributed by atoms with Crippen molar-refractivity contribution in [1.82, 2.24) is 5.32 Å². The van der Waals surface area contributed by atoms with E-state index < -0.39 is 10.0 Å². The number of anilines is 2. The molecule has 0 amide bonds. The Morgan fingerprint density at radius 1 is 0.906 bits per heavy atom. The zero-order valence-electron chi connectivity index (χ0n) is 18.6. The number of hydrogen-bond acceptors (Lipinski definition) is 5. The zero-order valence-corrected chi connectivity index (χ0v) is 19.4. The molecule has 168 valence electrons. The van der Waals surface area contributed by atoms with Crippen molar-refractivity contribution >= 4 is 21.4 Å². The number of hydrogen-bond donors (Lipinski definition) is 2. The third-order valence-electron chi connectivity index (χ3n) is 5.60. The highest BCUT2D eigenvalue weighted by molar-refractivity contribution is 7.92. The number of nitrogens with zero attached hydrogens (tertiary/aromatic N) is 1. The van der Waals surface area contributed by atoms with E-state index in [4.69, 9.17) is 4.74 Å². The number of benzene rings is 3. The molecule has 1 aliphatic rings. The molecule has 0 spiro atoms. The quantitative estimate of drug-likeness (QED) is 0.583. The first-order valence-corrected chi connectivity index (χ1v) is 12.2. The van der Waals surface area contributed by atoms with Gasteiger partial charge in [0.15, 0.2) is 0 Å². The van der Waals surface area contributed by atoms with Crippen LogP contribution in [0.5, 0.6) is 5.75 Å². The molecule has 2 N–H and O–H groups in total. The monoisotopic (exact) mass is 451 g/mol. The molecule has 4 rings (SSSR count). The Balaban J connectivity index is 1.64. The second-order valence-corrected chi connectivity index (χ2v) is 9.94. The van der Waals surface area contributed by atoms with E-state index >= 15 is 0 Å². The Morgan fingerprint density at radius 2 is 1.59 bits per heavy atom. The van der Waals surface area contributed by atoms with Crippen LogP contribution in [0.15, 0.2) is 77.7 Å². The van der Waals surface area contributed by atoms with Gasteiger partial charge >= 0.3 is 0 Å². The maximum absolute atomic E-state index is 13.3. The summed E-state index contributed by atoms with van der Waals surface area (Å²) in [7, 11) is -2.27. The molecular weight excluding hydrogens is 422 g/mol. The van der Waals surface area contributed by atoms with Gasteiger partial charge in [0.2, 0.25) is 0 Å². The fraction of sp³-hybridized carbons (Fsp3) is 0.280. The predicted octanol–water partition coefficient (Wildman–Crippen LogP) is 4.35. The maximum atomic E-state index is 13.3. The lowest BCUT2D eigenvalue weighted by Crippen LogP contribution is -2.54. The van der Waals surface area contributed by atoms with Crippen LogP contribution in [-0.4, -0.2) is 40.7 Å². The van der Waals surface area contributed by atoms with Crippen molar-refractivity contribution in [2.24, 2.45) is 0 Å². The van der Waals surface area contributed by atoms with Crippen molar-refractivity contribution in [2.45, 2.75) is 30.8 Å². The molecule has 6 nitrogen and oxygen atoms in total. The van der Waals surface area contributed by atoms with Crippen molar-refractivity contribution < 1.29 is 13.2 Å². The largest absolute Gasteiger partial charge is 0.495 e. The second kappa shape index (κ2) is 9.22. The number of nitrogens with one attached hydrogen (secondary N) is 2. The summed E-state index contributed by atoms with van der Waals surface area (Å²) in [6, 6.07) is 23.0. The average Bonchev–Trinajstić information content (AvgIpc) is 2.79. The van der Waals surface area contributed by atoms with Crippen LogP contribution in [0.3, 0.4) is 0 Å². The number of piperazine rings is 1. The van der Waals surface area contributed by atoms with Crippen LogP contribution in [0.1, 0.15) is 13.8 Å². The summed E-state index contributed by atoms with van der Waals surface area (Å²) in [6.07, 6.45) is 0. The Kier molecular flexibility index (Phi) is 6.39. The van der Waals surface area contributed by atoms with Gasteiger partial charge in [-0.25, -0.2) is 8.42 Å². The molecule has 7 heteroatoms. The fourth-order valence-corrected chi connectivity index (χ4v) is 5.29.